The van der Waals surface area contributed by atoms with Crippen molar-refractivity contribution in [1.29, 1.82) is 0 Å². The molecule has 0 radical (unpaired) electrons. The smallest absolute Gasteiger partial charge is 0.212 e. The van der Waals surface area contributed by atoms with E-state index >= 15 is 0 Å². The number of rotatable bonds is 1. The lowest BCUT2D eigenvalue weighted by molar-refractivity contribution is 0.103. The molecule has 0 amide bonds. The summed E-state index contributed by atoms with van der Waals surface area (Å²) in [6.45, 7) is 0. The molecule has 2 heteroatoms. The molecular weight excluding hydrogens is 294 g/mol. The van der Waals surface area contributed by atoms with E-state index in [0.29, 0.717) is 5.69 Å². The van der Waals surface area contributed by atoms with Crippen molar-refractivity contribution in [3.63, 3.8) is 0 Å². The number of nitrogens with zero attached hydrogens (tertiary/aromatic N) is 1. The first kappa shape index (κ1) is 13.2. The summed E-state index contributed by atoms with van der Waals surface area (Å²) in [4.78, 5) is 17.7. The second-order valence-corrected chi connectivity index (χ2v) is 5.97. The monoisotopic (exact) mass is 307 g/mol. The number of aromatic nitrogens is 1. The van der Waals surface area contributed by atoms with E-state index in [1.54, 1.807) is 0 Å². The van der Waals surface area contributed by atoms with Crippen molar-refractivity contribution in [2.45, 2.75) is 0 Å². The van der Waals surface area contributed by atoms with Crippen LogP contribution in [0, 0.1) is 0 Å². The molecule has 0 spiro atoms. The molecule has 1 aromatic heterocycles. The van der Waals surface area contributed by atoms with Crippen molar-refractivity contribution < 1.29 is 4.79 Å². The number of benzene rings is 3. The second kappa shape index (κ2) is 4.87. The highest BCUT2D eigenvalue weighted by Gasteiger charge is 2.30. The molecule has 0 atom stereocenters. The Morgan fingerprint density at radius 2 is 1.21 bits per heavy atom. The van der Waals surface area contributed by atoms with Crippen LogP contribution >= 0.6 is 0 Å². The summed E-state index contributed by atoms with van der Waals surface area (Å²) in [7, 11) is 0. The number of hydrogen-bond acceptors (Lipinski definition) is 2. The summed E-state index contributed by atoms with van der Waals surface area (Å²) in [5.41, 5.74) is 5.15. The standard InChI is InChI=1S/C22H13NO/c24-22-18-13-7-5-11-16(18)19-15-10-4-6-12-17(15)20(23-21(19)22)14-8-2-1-3-9-14/h1-13H. The van der Waals surface area contributed by atoms with Crippen LogP contribution in [-0.2, 0) is 0 Å². The van der Waals surface area contributed by atoms with Crippen LogP contribution in [0.2, 0.25) is 0 Å². The van der Waals surface area contributed by atoms with E-state index < -0.39 is 0 Å². The number of carbonyl (C=O) groups is 1. The Hall–Kier alpha value is -3.26. The van der Waals surface area contributed by atoms with Crippen molar-refractivity contribution >= 4 is 16.6 Å². The summed E-state index contributed by atoms with van der Waals surface area (Å²) >= 11 is 0. The zero-order chi connectivity index (χ0) is 16.1. The first-order valence-corrected chi connectivity index (χ1v) is 7.97. The molecule has 0 fully saturated rings. The Balaban J connectivity index is 1.94. The summed E-state index contributed by atoms with van der Waals surface area (Å²) in [6.07, 6.45) is 0. The van der Waals surface area contributed by atoms with Gasteiger partial charge < -0.3 is 0 Å². The van der Waals surface area contributed by atoms with Crippen LogP contribution in [0.3, 0.4) is 0 Å². The molecule has 0 saturated heterocycles. The van der Waals surface area contributed by atoms with Crippen molar-refractivity contribution in [1.82, 2.24) is 4.98 Å². The lowest BCUT2D eigenvalue weighted by Gasteiger charge is -2.11. The summed E-state index contributed by atoms with van der Waals surface area (Å²) < 4.78 is 0. The molecule has 0 saturated carbocycles. The minimum atomic E-state index is 0.0172. The van der Waals surface area contributed by atoms with Gasteiger partial charge in [0.25, 0.3) is 0 Å². The van der Waals surface area contributed by atoms with Crippen LogP contribution < -0.4 is 0 Å². The van der Waals surface area contributed by atoms with E-state index in [2.05, 4.69) is 12.1 Å². The minimum Gasteiger partial charge on any atom is -0.287 e. The predicted molar refractivity (Wildman–Crippen MR) is 96.0 cm³/mol. The molecule has 1 aliphatic rings. The summed E-state index contributed by atoms with van der Waals surface area (Å²) in [5, 5.41) is 2.16. The number of fused-ring (bicyclic) bond motifs is 5. The van der Waals surface area contributed by atoms with Crippen LogP contribution in [0.1, 0.15) is 16.1 Å². The van der Waals surface area contributed by atoms with Crippen LogP contribution in [0.5, 0.6) is 0 Å². The van der Waals surface area contributed by atoms with E-state index in [-0.39, 0.29) is 5.78 Å². The maximum atomic E-state index is 12.9. The van der Waals surface area contributed by atoms with E-state index in [0.717, 1.165) is 38.7 Å². The van der Waals surface area contributed by atoms with Crippen molar-refractivity contribution in [2.24, 2.45) is 0 Å². The molecule has 1 aliphatic carbocycles. The Bertz CT molecular complexity index is 1110. The highest BCUT2D eigenvalue weighted by molar-refractivity contribution is 6.25. The third-order valence-electron chi connectivity index (χ3n) is 4.62. The molecule has 1 heterocycles. The molecule has 5 rings (SSSR count). The zero-order valence-electron chi connectivity index (χ0n) is 12.9. The van der Waals surface area contributed by atoms with Crippen LogP contribution in [0.4, 0.5) is 0 Å². The maximum Gasteiger partial charge on any atom is 0.212 e. The molecule has 2 nitrogen and oxygen atoms in total. The highest BCUT2D eigenvalue weighted by atomic mass is 16.1. The van der Waals surface area contributed by atoms with Crippen molar-refractivity contribution in [3.8, 4) is 22.4 Å². The topological polar surface area (TPSA) is 30.0 Å². The SMILES string of the molecule is O=C1c2ccccc2-c2c1nc(-c1ccccc1)c1ccccc21. The Labute approximate surface area is 139 Å². The van der Waals surface area contributed by atoms with Crippen molar-refractivity contribution in [2.75, 3.05) is 0 Å². The van der Waals surface area contributed by atoms with E-state index in [4.69, 9.17) is 4.98 Å². The molecule has 0 N–H and O–H groups in total. The number of hydrogen-bond donors (Lipinski definition) is 0. The predicted octanol–water partition coefficient (Wildman–Crippen LogP) is 5.11. The van der Waals surface area contributed by atoms with Gasteiger partial charge in [-0.1, -0.05) is 78.9 Å². The van der Waals surface area contributed by atoms with Gasteiger partial charge in [0.2, 0.25) is 5.78 Å². The number of carbonyl (C=O) groups excluding carboxylic acids is 1. The molecule has 112 valence electrons. The molecule has 0 unspecified atom stereocenters. The fourth-order valence-corrected chi connectivity index (χ4v) is 3.54. The normalized spacial score (nSPS) is 12.2. The average molecular weight is 307 g/mol. The molecular formula is C22H13NO. The quantitative estimate of drug-likeness (QED) is 0.430. The van der Waals surface area contributed by atoms with Gasteiger partial charge in [0.15, 0.2) is 0 Å². The van der Waals surface area contributed by atoms with Crippen molar-refractivity contribution in [3.05, 3.63) is 90.1 Å². The Morgan fingerprint density at radius 1 is 0.583 bits per heavy atom. The van der Waals surface area contributed by atoms with E-state index in [9.17, 15) is 4.79 Å². The fourth-order valence-electron chi connectivity index (χ4n) is 3.54. The lowest BCUT2D eigenvalue weighted by Crippen LogP contribution is -2.00. The Kier molecular flexibility index (Phi) is 2.68. The van der Waals surface area contributed by atoms with Crippen LogP contribution in [-0.4, -0.2) is 10.8 Å². The number of pyridine rings is 1. The second-order valence-electron chi connectivity index (χ2n) is 5.97. The lowest BCUT2D eigenvalue weighted by atomic mass is 9.97. The molecule has 3 aromatic carbocycles. The van der Waals surface area contributed by atoms with Gasteiger partial charge in [-0.05, 0) is 10.9 Å². The highest BCUT2D eigenvalue weighted by Crippen LogP contribution is 2.42. The van der Waals surface area contributed by atoms with Gasteiger partial charge >= 0.3 is 0 Å². The number of ketones is 1. The third kappa shape index (κ3) is 1.71. The first-order chi connectivity index (χ1) is 11.8. The van der Waals surface area contributed by atoms with Gasteiger partial charge in [0.05, 0.1) is 5.69 Å². The zero-order valence-corrected chi connectivity index (χ0v) is 12.9. The molecule has 0 bridgehead atoms. The maximum absolute atomic E-state index is 12.9. The molecule has 24 heavy (non-hydrogen) atoms. The molecule has 4 aromatic rings. The van der Waals surface area contributed by atoms with Gasteiger partial charge in [-0.3, -0.25) is 4.79 Å². The Morgan fingerprint density at radius 3 is 2.00 bits per heavy atom. The van der Waals surface area contributed by atoms with Gasteiger partial charge in [0, 0.05) is 22.1 Å². The van der Waals surface area contributed by atoms with Gasteiger partial charge in [-0.15, -0.1) is 0 Å². The van der Waals surface area contributed by atoms with Gasteiger partial charge in [-0.2, -0.15) is 0 Å². The third-order valence-corrected chi connectivity index (χ3v) is 4.62. The summed E-state index contributed by atoms with van der Waals surface area (Å²) in [6, 6.07) is 26.0. The first-order valence-electron chi connectivity index (χ1n) is 7.97. The minimum absolute atomic E-state index is 0.0172. The van der Waals surface area contributed by atoms with Gasteiger partial charge in [-0.25, -0.2) is 4.98 Å². The summed E-state index contributed by atoms with van der Waals surface area (Å²) in [5.74, 6) is 0.0172. The molecule has 0 aliphatic heterocycles. The van der Waals surface area contributed by atoms with Crippen LogP contribution in [0.15, 0.2) is 78.9 Å². The van der Waals surface area contributed by atoms with Crippen LogP contribution in [0.25, 0.3) is 33.2 Å². The largest absolute Gasteiger partial charge is 0.287 e. The fraction of sp³-hybridized carbons (Fsp3) is 0. The average Bonchev–Trinajstić information content (AvgIpc) is 2.95. The van der Waals surface area contributed by atoms with E-state index in [1.165, 1.54) is 0 Å². The van der Waals surface area contributed by atoms with Gasteiger partial charge in [0.1, 0.15) is 5.69 Å². The van der Waals surface area contributed by atoms with E-state index in [1.807, 2.05) is 66.7 Å².